The zero-order valence-electron chi connectivity index (χ0n) is 5.17. The third-order valence-corrected chi connectivity index (χ3v) is 1.68. The fourth-order valence-corrected chi connectivity index (χ4v) is 0.688. The van der Waals surface area contributed by atoms with Gasteiger partial charge in [0.2, 0.25) is 0 Å². The number of carbonyl (C=O) groups is 1. The number of rotatable bonds is 3. The van der Waals surface area contributed by atoms with Crippen LogP contribution in [0.25, 0.3) is 0 Å². The Morgan fingerprint density at radius 3 is 2.50 bits per heavy atom. The Bertz CT molecular complexity index is 208. The van der Waals surface area contributed by atoms with Crippen molar-refractivity contribution in [3.8, 4) is 0 Å². The molecule has 0 aromatic heterocycles. The van der Waals surface area contributed by atoms with Crippen LogP contribution in [0.3, 0.4) is 0 Å². The van der Waals surface area contributed by atoms with Crippen molar-refractivity contribution in [2.45, 2.75) is 0 Å². The topological polar surface area (TPSA) is 49.7 Å². The van der Waals surface area contributed by atoms with Crippen LogP contribution in [0.15, 0.2) is 26.9 Å². The molecule has 0 fully saturated rings. The number of hydrogen-bond donors (Lipinski definition) is 1. The van der Waals surface area contributed by atoms with E-state index in [2.05, 4.69) is 18.3 Å². The number of aliphatic carboxylic acids is 1. The molecule has 0 rings (SSSR count). The lowest BCUT2D eigenvalue weighted by Gasteiger charge is -1.93. The summed E-state index contributed by atoms with van der Waals surface area (Å²) in [4.78, 5) is 13.6. The van der Waals surface area contributed by atoms with Crippen LogP contribution in [0.5, 0.6) is 0 Å². The molecule has 3 nitrogen and oxygen atoms in total. The number of nitrogens with zero attached hydrogens (tertiary/aromatic N) is 1. The molecule has 0 aliphatic carbocycles. The number of carboxylic acid groups (broad SMARTS) is 1. The van der Waals surface area contributed by atoms with Crippen LogP contribution in [0.1, 0.15) is 0 Å². The van der Waals surface area contributed by atoms with Crippen molar-refractivity contribution < 1.29 is 9.90 Å². The molecule has 0 aliphatic rings. The van der Waals surface area contributed by atoms with E-state index in [1.165, 1.54) is 6.20 Å². The van der Waals surface area contributed by atoms with Crippen LogP contribution in [-0.4, -0.2) is 17.8 Å². The van der Waals surface area contributed by atoms with Gasteiger partial charge in [-0.15, -0.1) is 0 Å². The van der Waals surface area contributed by atoms with Crippen molar-refractivity contribution in [3.63, 3.8) is 0 Å². The van der Waals surface area contributed by atoms with Gasteiger partial charge in [0.15, 0.2) is 0 Å². The Balaban J connectivity index is 4.36. The summed E-state index contributed by atoms with van der Waals surface area (Å²) in [6, 6.07) is 0. The first kappa shape index (κ1) is 9.35. The average molecular weight is 251 g/mol. The Hall–Kier alpha value is -0.650. The predicted molar refractivity (Wildman–Crippen MR) is 48.4 cm³/mol. The highest BCUT2D eigenvalue weighted by Gasteiger charge is 2.05. The molecular weight excluding hydrogens is 245 g/mol. The number of carboxylic acids is 1. The van der Waals surface area contributed by atoms with Crippen LogP contribution in [0.2, 0.25) is 0 Å². The standard InChI is InChI=1S/C6H6INO2/c1-4(6(9)10)5(7)3-8-2/h3H,1-2H2,(H,9,10)/b5-3+. The predicted octanol–water partition coefficient (Wildman–Crippen LogP) is 1.60. The molecule has 4 heteroatoms. The zero-order valence-corrected chi connectivity index (χ0v) is 7.33. The van der Waals surface area contributed by atoms with Gasteiger partial charge in [0.1, 0.15) is 0 Å². The summed E-state index contributed by atoms with van der Waals surface area (Å²) in [6.45, 7) is 6.49. The first-order chi connectivity index (χ1) is 4.59. The van der Waals surface area contributed by atoms with E-state index in [-0.39, 0.29) is 5.57 Å². The second-order valence-electron chi connectivity index (χ2n) is 1.44. The number of halogens is 1. The molecule has 0 heterocycles. The molecule has 0 aliphatic heterocycles. The Morgan fingerprint density at radius 2 is 2.20 bits per heavy atom. The molecule has 0 saturated carbocycles. The van der Waals surface area contributed by atoms with Crippen LogP contribution in [0.4, 0.5) is 0 Å². The molecule has 1 N–H and O–H groups in total. The van der Waals surface area contributed by atoms with Crippen LogP contribution < -0.4 is 0 Å². The summed E-state index contributed by atoms with van der Waals surface area (Å²) < 4.78 is 0.486. The van der Waals surface area contributed by atoms with Gasteiger partial charge in [0, 0.05) is 9.78 Å². The first-order valence-electron chi connectivity index (χ1n) is 2.33. The van der Waals surface area contributed by atoms with Crippen molar-refractivity contribution in [2.75, 3.05) is 0 Å². The largest absolute Gasteiger partial charge is 0.478 e. The minimum atomic E-state index is -1.04. The van der Waals surface area contributed by atoms with Gasteiger partial charge in [-0.1, -0.05) is 6.58 Å². The molecular formula is C6H6INO2. The third kappa shape index (κ3) is 2.77. The minimum absolute atomic E-state index is 0.0352. The number of hydrogen-bond acceptors (Lipinski definition) is 2. The summed E-state index contributed by atoms with van der Waals surface area (Å²) >= 11 is 1.83. The van der Waals surface area contributed by atoms with E-state index >= 15 is 0 Å². The van der Waals surface area contributed by atoms with Crippen molar-refractivity contribution in [1.29, 1.82) is 0 Å². The van der Waals surface area contributed by atoms with Gasteiger partial charge in [0.05, 0.1) is 5.57 Å². The monoisotopic (exact) mass is 251 g/mol. The minimum Gasteiger partial charge on any atom is -0.478 e. The lowest BCUT2D eigenvalue weighted by Crippen LogP contribution is -1.97. The van der Waals surface area contributed by atoms with E-state index in [1.54, 1.807) is 0 Å². The maximum absolute atomic E-state index is 10.2. The van der Waals surface area contributed by atoms with Gasteiger partial charge < -0.3 is 5.11 Å². The summed E-state index contributed by atoms with van der Waals surface area (Å²) in [5.74, 6) is -1.04. The normalized spacial score (nSPS) is 10.7. The van der Waals surface area contributed by atoms with Crippen molar-refractivity contribution in [1.82, 2.24) is 0 Å². The zero-order chi connectivity index (χ0) is 8.15. The van der Waals surface area contributed by atoms with E-state index in [4.69, 9.17) is 5.11 Å². The summed E-state index contributed by atoms with van der Waals surface area (Å²) in [7, 11) is 0. The Kier molecular flexibility index (Phi) is 3.94. The molecule has 0 bridgehead atoms. The second-order valence-corrected chi connectivity index (χ2v) is 2.61. The van der Waals surface area contributed by atoms with Gasteiger partial charge >= 0.3 is 5.97 Å². The molecule has 0 unspecified atom stereocenters. The Labute approximate surface area is 72.3 Å². The maximum Gasteiger partial charge on any atom is 0.336 e. The lowest BCUT2D eigenvalue weighted by atomic mass is 10.3. The molecule has 0 spiro atoms. The highest BCUT2D eigenvalue weighted by molar-refractivity contribution is 14.1. The van der Waals surface area contributed by atoms with Crippen molar-refractivity contribution in [3.05, 3.63) is 21.9 Å². The summed E-state index contributed by atoms with van der Waals surface area (Å²) in [6.07, 6.45) is 1.34. The molecule has 0 saturated heterocycles. The fraction of sp³-hybridized carbons (Fsp3) is 0. The van der Waals surface area contributed by atoms with Gasteiger partial charge in [-0.05, 0) is 29.3 Å². The SMILES string of the molecule is C=N/C=C(/I)C(=C)C(=O)O. The van der Waals surface area contributed by atoms with E-state index in [0.717, 1.165) is 0 Å². The quantitative estimate of drug-likeness (QED) is 0.358. The number of aliphatic imine (C=N–C) groups is 1. The average Bonchev–Trinajstić information content (AvgIpc) is 1.87. The Morgan fingerprint density at radius 1 is 1.70 bits per heavy atom. The maximum atomic E-state index is 10.2. The fourth-order valence-electron chi connectivity index (χ4n) is 0.260. The van der Waals surface area contributed by atoms with Crippen LogP contribution >= 0.6 is 22.6 Å². The smallest absolute Gasteiger partial charge is 0.336 e. The van der Waals surface area contributed by atoms with E-state index < -0.39 is 5.97 Å². The van der Waals surface area contributed by atoms with Gasteiger partial charge in [-0.2, -0.15) is 0 Å². The molecule has 0 radical (unpaired) electrons. The van der Waals surface area contributed by atoms with Crippen LogP contribution in [-0.2, 0) is 4.79 Å². The van der Waals surface area contributed by atoms with E-state index in [0.29, 0.717) is 3.58 Å². The van der Waals surface area contributed by atoms with Crippen molar-refractivity contribution >= 4 is 35.3 Å². The van der Waals surface area contributed by atoms with Crippen LogP contribution in [0, 0.1) is 0 Å². The van der Waals surface area contributed by atoms with Gasteiger partial charge in [-0.3, -0.25) is 4.99 Å². The molecule has 0 aromatic rings. The first-order valence-corrected chi connectivity index (χ1v) is 3.41. The summed E-state index contributed by atoms with van der Waals surface area (Å²) in [5, 5.41) is 8.37. The highest BCUT2D eigenvalue weighted by atomic mass is 127. The molecule has 0 atom stereocenters. The second kappa shape index (κ2) is 4.21. The molecule has 54 valence electrons. The van der Waals surface area contributed by atoms with E-state index in [9.17, 15) is 4.79 Å². The summed E-state index contributed by atoms with van der Waals surface area (Å²) in [5.41, 5.74) is 0.0352. The van der Waals surface area contributed by atoms with Gasteiger partial charge in [-0.25, -0.2) is 4.79 Å². The molecule has 10 heavy (non-hydrogen) atoms. The van der Waals surface area contributed by atoms with Gasteiger partial charge in [0.25, 0.3) is 0 Å². The third-order valence-electron chi connectivity index (χ3n) is 0.751. The molecule has 0 aromatic carbocycles. The molecule has 0 amide bonds. The lowest BCUT2D eigenvalue weighted by molar-refractivity contribution is -0.132. The highest BCUT2D eigenvalue weighted by Crippen LogP contribution is 2.15. The van der Waals surface area contributed by atoms with E-state index in [1.807, 2.05) is 22.6 Å². The van der Waals surface area contributed by atoms with Crippen molar-refractivity contribution in [2.24, 2.45) is 4.99 Å².